The molecule has 1 rings (SSSR count). The fourth-order valence-electron chi connectivity index (χ4n) is 0.732. The number of rotatable bonds is 0. The number of allylic oxidation sites excluding steroid dienone is 4. The summed E-state index contributed by atoms with van der Waals surface area (Å²) < 4.78 is 0. The van der Waals surface area contributed by atoms with Crippen LogP contribution in [0.2, 0.25) is 0 Å². The van der Waals surface area contributed by atoms with E-state index in [1.165, 1.54) is 11.1 Å². The van der Waals surface area contributed by atoms with Crippen LogP contribution in [0.3, 0.4) is 0 Å². The molecule has 1 aliphatic rings. The van der Waals surface area contributed by atoms with Crippen LogP contribution in [0, 0.1) is 37.5 Å². The summed E-state index contributed by atoms with van der Waals surface area (Å²) in [5, 5.41) is 0. The van der Waals surface area contributed by atoms with Gasteiger partial charge < -0.3 is 6.15 Å². The summed E-state index contributed by atoms with van der Waals surface area (Å²) in [5.41, 5.74) is 2.84. The molecule has 10 heavy (non-hydrogen) atoms. The largest absolute Gasteiger partial charge is 2.00 e. The molecule has 0 spiro atoms. The summed E-state index contributed by atoms with van der Waals surface area (Å²) in [4.78, 5) is 0. The number of hydrogen-bond acceptors (Lipinski definition) is 0. The van der Waals surface area contributed by atoms with Gasteiger partial charge in [-0.05, 0) is 6.92 Å². The average Bonchev–Trinajstić information content (AvgIpc) is 1.77. The second kappa shape index (κ2) is 6.10. The Morgan fingerprint density at radius 2 is 1.90 bits per heavy atom. The molecule has 54 valence electrons. The van der Waals surface area contributed by atoms with E-state index in [-0.39, 0.29) is 37.3 Å². The molecule has 0 saturated heterocycles. The molecule has 2 heteroatoms. The van der Waals surface area contributed by atoms with E-state index in [0.29, 0.717) is 0 Å². The van der Waals surface area contributed by atoms with Crippen molar-refractivity contribution in [3.8, 4) is 0 Å². The summed E-state index contributed by atoms with van der Waals surface area (Å²) >= 11 is 0. The smallest absolute Gasteiger partial charge is 0.693 e. The Morgan fingerprint density at radius 3 is 2.20 bits per heavy atom. The minimum atomic E-state index is 0. The molecule has 0 aromatic rings. The SMILES string of the molecule is CC1=CC=C(C)C[CH-]1.[NH2-].[U+2]. The zero-order chi connectivity index (χ0) is 5.98. The molecule has 0 aromatic heterocycles. The molecule has 0 radical (unpaired) electrons. The predicted octanol–water partition coefficient (Wildman–Crippen LogP) is 3.20. The maximum absolute atomic E-state index is 2.25. The maximum atomic E-state index is 2.25. The van der Waals surface area contributed by atoms with Crippen LogP contribution >= 0.6 is 0 Å². The monoisotopic (exact) mass is 361 g/mol. The van der Waals surface area contributed by atoms with Crippen molar-refractivity contribution in [1.82, 2.24) is 0 Å². The van der Waals surface area contributed by atoms with Crippen LogP contribution in [0.15, 0.2) is 23.3 Å². The zero-order valence-corrected chi connectivity index (χ0v) is 10.7. The summed E-state index contributed by atoms with van der Waals surface area (Å²) in [6, 6.07) is 0. The van der Waals surface area contributed by atoms with E-state index in [9.17, 15) is 0 Å². The zero-order valence-electron chi connectivity index (χ0n) is 6.52. The molecular weight excluding hydrogens is 348 g/mol. The van der Waals surface area contributed by atoms with Crippen LogP contribution in [0.5, 0.6) is 0 Å². The fourth-order valence-corrected chi connectivity index (χ4v) is 0.732. The Morgan fingerprint density at radius 1 is 1.30 bits per heavy atom. The normalized spacial score (nSPS) is 15.0. The van der Waals surface area contributed by atoms with E-state index in [1.807, 2.05) is 0 Å². The third-order valence-corrected chi connectivity index (χ3v) is 1.38. The van der Waals surface area contributed by atoms with Crippen LogP contribution in [-0.4, -0.2) is 0 Å². The third-order valence-electron chi connectivity index (χ3n) is 1.38. The van der Waals surface area contributed by atoms with Gasteiger partial charge in [0, 0.05) is 0 Å². The molecule has 0 atom stereocenters. The van der Waals surface area contributed by atoms with Crippen LogP contribution in [0.4, 0.5) is 0 Å². The molecule has 2 N–H and O–H groups in total. The van der Waals surface area contributed by atoms with Crippen molar-refractivity contribution in [2.75, 3.05) is 0 Å². The van der Waals surface area contributed by atoms with Gasteiger partial charge in [0.1, 0.15) is 0 Å². The minimum Gasteiger partial charge on any atom is -0.693 e. The van der Waals surface area contributed by atoms with Crippen LogP contribution in [0.1, 0.15) is 20.3 Å². The van der Waals surface area contributed by atoms with Crippen molar-refractivity contribution in [1.29, 1.82) is 0 Å². The summed E-state index contributed by atoms with van der Waals surface area (Å²) in [7, 11) is 0. The predicted molar refractivity (Wildman–Crippen MR) is 41.7 cm³/mol. The molecule has 0 aromatic carbocycles. The van der Waals surface area contributed by atoms with E-state index in [1.54, 1.807) is 0 Å². The van der Waals surface area contributed by atoms with E-state index in [4.69, 9.17) is 0 Å². The Hall–Kier alpha value is 0.362. The van der Waals surface area contributed by atoms with Gasteiger partial charge in [0.25, 0.3) is 0 Å². The van der Waals surface area contributed by atoms with Gasteiger partial charge in [0.2, 0.25) is 0 Å². The first-order valence-corrected chi connectivity index (χ1v) is 2.96. The summed E-state index contributed by atoms with van der Waals surface area (Å²) in [6.45, 7) is 4.28. The van der Waals surface area contributed by atoms with E-state index >= 15 is 0 Å². The van der Waals surface area contributed by atoms with E-state index < -0.39 is 0 Å². The van der Waals surface area contributed by atoms with Gasteiger partial charge in [-0.2, -0.15) is 0 Å². The molecule has 0 heterocycles. The van der Waals surface area contributed by atoms with Gasteiger partial charge in [-0.3, -0.25) is 0 Å². The maximum Gasteiger partial charge on any atom is 2.00 e. The van der Waals surface area contributed by atoms with Crippen molar-refractivity contribution in [2.45, 2.75) is 20.3 Å². The Bertz CT molecular complexity index is 129. The van der Waals surface area contributed by atoms with E-state index in [2.05, 4.69) is 32.4 Å². The molecule has 1 nitrogen and oxygen atoms in total. The molecule has 0 fully saturated rings. The van der Waals surface area contributed by atoms with Crippen LogP contribution in [0.25, 0.3) is 6.15 Å². The van der Waals surface area contributed by atoms with Gasteiger partial charge in [-0.15, -0.1) is 11.6 Å². The standard InChI is InChI=1S/C8H11.H2N.U/c1-7-3-5-8(2)6-4-7;;/h3-5H,6H2,1-2H3;1H2;/q2*-1;+2. The van der Waals surface area contributed by atoms with Crippen LogP contribution in [-0.2, 0) is 0 Å². The minimum absolute atomic E-state index is 0. The van der Waals surface area contributed by atoms with Crippen molar-refractivity contribution in [2.24, 2.45) is 0 Å². The first-order valence-electron chi connectivity index (χ1n) is 2.96. The third kappa shape index (κ3) is 4.22. The molecule has 0 saturated carbocycles. The Balaban J connectivity index is 0. The Kier molecular flexibility index (Phi) is 7.92. The van der Waals surface area contributed by atoms with Crippen molar-refractivity contribution in [3.05, 3.63) is 35.9 Å². The Labute approximate surface area is 86.9 Å². The van der Waals surface area contributed by atoms with Gasteiger partial charge >= 0.3 is 31.1 Å². The van der Waals surface area contributed by atoms with Gasteiger partial charge in [0.05, 0.1) is 0 Å². The van der Waals surface area contributed by atoms with Gasteiger partial charge in [0.15, 0.2) is 0 Å². The van der Waals surface area contributed by atoms with Crippen molar-refractivity contribution >= 4 is 0 Å². The number of nitrogens with two attached hydrogens (primary N) is 1. The average molecular weight is 361 g/mol. The summed E-state index contributed by atoms with van der Waals surface area (Å²) in [6.07, 6.45) is 7.71. The molecule has 1 aliphatic carbocycles. The molecule has 0 amide bonds. The van der Waals surface area contributed by atoms with Crippen molar-refractivity contribution in [3.63, 3.8) is 0 Å². The van der Waals surface area contributed by atoms with Crippen LogP contribution < -0.4 is 0 Å². The summed E-state index contributed by atoms with van der Waals surface area (Å²) in [5.74, 6) is 0. The first kappa shape index (κ1) is 13.0. The topological polar surface area (TPSA) is 33.5 Å². The van der Waals surface area contributed by atoms with E-state index in [0.717, 1.165) is 6.42 Å². The quantitative estimate of drug-likeness (QED) is 0.594. The second-order valence-electron chi connectivity index (χ2n) is 2.33. The first-order chi connectivity index (χ1) is 3.79. The molecule has 0 bridgehead atoms. The molecule has 0 aliphatic heterocycles. The van der Waals surface area contributed by atoms with Gasteiger partial charge in [-0.25, -0.2) is 18.1 Å². The second-order valence-corrected chi connectivity index (χ2v) is 2.33. The molecule has 0 unspecified atom stereocenters. The van der Waals surface area contributed by atoms with Gasteiger partial charge in [-0.1, -0.05) is 13.3 Å². The van der Waals surface area contributed by atoms with Crippen molar-refractivity contribution < 1.29 is 31.1 Å². The fraction of sp³-hybridized carbons (Fsp3) is 0.375. The number of hydrogen-bond donors (Lipinski definition) is 0. The molecular formula is C8H13NU.